The molecule has 2 atom stereocenters. The van der Waals surface area contributed by atoms with Crippen molar-refractivity contribution in [2.24, 2.45) is 0 Å². The van der Waals surface area contributed by atoms with Gasteiger partial charge in [0, 0.05) is 31.4 Å². The van der Waals surface area contributed by atoms with Gasteiger partial charge in [-0.2, -0.15) is 5.26 Å². The quantitative estimate of drug-likeness (QED) is 0.896. The predicted octanol–water partition coefficient (Wildman–Crippen LogP) is 2.35. The third-order valence-corrected chi connectivity index (χ3v) is 5.33. The number of nitrogens with zero attached hydrogens (tertiary/aromatic N) is 3. The number of anilines is 1. The number of nitriles is 1. The monoisotopic (exact) mass is 342 g/mol. The molecule has 0 spiro atoms. The van der Waals surface area contributed by atoms with Gasteiger partial charge in [0.25, 0.3) is 0 Å². The van der Waals surface area contributed by atoms with Crippen molar-refractivity contribution in [2.45, 2.75) is 44.9 Å². The van der Waals surface area contributed by atoms with Gasteiger partial charge >= 0.3 is 6.03 Å². The number of amides is 2. The number of ether oxygens (including phenoxy) is 1. The summed E-state index contributed by atoms with van der Waals surface area (Å²) in [5, 5.41) is 12.1. The third-order valence-electron chi connectivity index (χ3n) is 5.33. The van der Waals surface area contributed by atoms with Crippen LogP contribution in [-0.4, -0.2) is 55.4 Å². The van der Waals surface area contributed by atoms with Gasteiger partial charge in [-0.25, -0.2) is 4.79 Å². The second kappa shape index (κ2) is 7.75. The summed E-state index contributed by atoms with van der Waals surface area (Å²) >= 11 is 0. The molecular formula is C19H26N4O2. The number of piperidine rings is 1. The molecule has 2 aliphatic heterocycles. The van der Waals surface area contributed by atoms with Crippen molar-refractivity contribution in [1.29, 1.82) is 5.26 Å². The molecule has 0 saturated carbocycles. The first kappa shape index (κ1) is 17.6. The molecule has 0 bridgehead atoms. The van der Waals surface area contributed by atoms with Crippen molar-refractivity contribution in [2.75, 3.05) is 31.1 Å². The Morgan fingerprint density at radius 1 is 1.20 bits per heavy atom. The number of rotatable bonds is 2. The molecule has 25 heavy (non-hydrogen) atoms. The summed E-state index contributed by atoms with van der Waals surface area (Å²) in [7, 11) is 0. The standard InChI is InChI=1S/C19H26N4O2/c1-14-15(2)25-12-11-23(14)19(24)21-17-7-9-22(10-8-17)18-5-3-16(13-20)4-6-18/h3-6,14-15,17H,7-12H2,1-2H3,(H,21,24)/t14-,15-/m1/s1. The molecule has 6 nitrogen and oxygen atoms in total. The van der Waals surface area contributed by atoms with E-state index in [4.69, 9.17) is 10.00 Å². The summed E-state index contributed by atoms with van der Waals surface area (Å²) in [6, 6.07) is 10.2. The maximum absolute atomic E-state index is 12.6. The van der Waals surface area contributed by atoms with Crippen LogP contribution in [0, 0.1) is 11.3 Å². The number of morpholine rings is 1. The van der Waals surface area contributed by atoms with Crippen molar-refractivity contribution >= 4 is 11.7 Å². The van der Waals surface area contributed by atoms with Crippen molar-refractivity contribution in [3.05, 3.63) is 29.8 Å². The molecule has 3 rings (SSSR count). The van der Waals surface area contributed by atoms with Gasteiger partial charge < -0.3 is 19.9 Å². The maximum atomic E-state index is 12.6. The topological polar surface area (TPSA) is 68.6 Å². The molecule has 6 heteroatoms. The Bertz CT molecular complexity index is 632. The summed E-state index contributed by atoms with van der Waals surface area (Å²) in [5.41, 5.74) is 1.82. The van der Waals surface area contributed by atoms with Crippen LogP contribution in [-0.2, 0) is 4.74 Å². The molecule has 1 aromatic carbocycles. The fourth-order valence-electron chi connectivity index (χ4n) is 3.51. The lowest BCUT2D eigenvalue weighted by Gasteiger charge is -2.40. The van der Waals surface area contributed by atoms with Crippen LogP contribution in [0.2, 0.25) is 0 Å². The minimum absolute atomic E-state index is 0.0273. The van der Waals surface area contributed by atoms with Crippen molar-refractivity contribution in [3.8, 4) is 6.07 Å². The highest BCUT2D eigenvalue weighted by atomic mass is 16.5. The van der Waals surface area contributed by atoms with Crippen LogP contribution in [0.1, 0.15) is 32.3 Å². The van der Waals surface area contributed by atoms with E-state index in [1.54, 1.807) is 0 Å². The Balaban J connectivity index is 1.50. The first-order valence-electron chi connectivity index (χ1n) is 9.02. The summed E-state index contributed by atoms with van der Waals surface area (Å²) in [5.74, 6) is 0. The largest absolute Gasteiger partial charge is 0.375 e. The lowest BCUT2D eigenvalue weighted by molar-refractivity contribution is -0.0380. The lowest BCUT2D eigenvalue weighted by atomic mass is 10.0. The van der Waals surface area contributed by atoms with E-state index in [-0.39, 0.29) is 24.2 Å². The van der Waals surface area contributed by atoms with Crippen LogP contribution in [0.4, 0.5) is 10.5 Å². The van der Waals surface area contributed by atoms with Crippen LogP contribution < -0.4 is 10.2 Å². The number of nitrogens with one attached hydrogen (secondary N) is 1. The van der Waals surface area contributed by atoms with E-state index in [1.165, 1.54) is 0 Å². The van der Waals surface area contributed by atoms with Crippen LogP contribution in [0.5, 0.6) is 0 Å². The van der Waals surface area contributed by atoms with Gasteiger partial charge in [-0.1, -0.05) is 0 Å². The van der Waals surface area contributed by atoms with Gasteiger partial charge in [-0.3, -0.25) is 0 Å². The average molecular weight is 342 g/mol. The zero-order valence-corrected chi connectivity index (χ0v) is 14.9. The van der Waals surface area contributed by atoms with Crippen LogP contribution in [0.15, 0.2) is 24.3 Å². The van der Waals surface area contributed by atoms with Crippen molar-refractivity contribution in [1.82, 2.24) is 10.2 Å². The molecule has 0 unspecified atom stereocenters. The number of carbonyl (C=O) groups excluding carboxylic acids is 1. The average Bonchev–Trinajstić information content (AvgIpc) is 2.64. The molecule has 0 radical (unpaired) electrons. The highest BCUT2D eigenvalue weighted by Crippen LogP contribution is 2.21. The summed E-state index contributed by atoms with van der Waals surface area (Å²) < 4.78 is 5.59. The molecule has 1 aromatic rings. The lowest BCUT2D eigenvalue weighted by Crippen LogP contribution is -2.57. The van der Waals surface area contributed by atoms with Gasteiger partial charge in [-0.05, 0) is 51.0 Å². The number of urea groups is 1. The Labute approximate surface area is 149 Å². The first-order chi connectivity index (χ1) is 12.1. The van der Waals surface area contributed by atoms with E-state index in [2.05, 4.69) is 16.3 Å². The van der Waals surface area contributed by atoms with E-state index in [0.29, 0.717) is 18.7 Å². The molecule has 2 amide bonds. The van der Waals surface area contributed by atoms with E-state index in [1.807, 2.05) is 43.0 Å². The normalized spacial score (nSPS) is 24.7. The predicted molar refractivity (Wildman–Crippen MR) is 96.5 cm³/mol. The minimum Gasteiger partial charge on any atom is -0.375 e. The van der Waals surface area contributed by atoms with E-state index in [0.717, 1.165) is 31.6 Å². The number of hydrogen-bond acceptors (Lipinski definition) is 4. The number of carbonyl (C=O) groups is 1. The Morgan fingerprint density at radius 3 is 2.52 bits per heavy atom. The molecule has 2 aliphatic rings. The Morgan fingerprint density at radius 2 is 1.88 bits per heavy atom. The minimum atomic E-state index is 0.0273. The molecule has 1 N–H and O–H groups in total. The number of hydrogen-bond donors (Lipinski definition) is 1. The molecular weight excluding hydrogens is 316 g/mol. The molecule has 2 fully saturated rings. The zero-order chi connectivity index (χ0) is 17.8. The van der Waals surface area contributed by atoms with E-state index >= 15 is 0 Å². The van der Waals surface area contributed by atoms with E-state index < -0.39 is 0 Å². The van der Waals surface area contributed by atoms with Crippen LogP contribution in [0.25, 0.3) is 0 Å². The fourth-order valence-corrected chi connectivity index (χ4v) is 3.51. The summed E-state index contributed by atoms with van der Waals surface area (Å²) in [4.78, 5) is 16.8. The highest BCUT2D eigenvalue weighted by molar-refractivity contribution is 5.75. The molecule has 134 valence electrons. The second-order valence-electron chi connectivity index (χ2n) is 6.88. The zero-order valence-electron chi connectivity index (χ0n) is 14.9. The van der Waals surface area contributed by atoms with Crippen molar-refractivity contribution < 1.29 is 9.53 Å². The van der Waals surface area contributed by atoms with E-state index in [9.17, 15) is 4.79 Å². The Hall–Kier alpha value is -2.26. The SMILES string of the molecule is C[C@@H]1[C@@H](C)OCCN1C(=O)NC1CCN(c2ccc(C#N)cc2)CC1. The van der Waals surface area contributed by atoms with Gasteiger partial charge in [0.05, 0.1) is 30.4 Å². The van der Waals surface area contributed by atoms with Gasteiger partial charge in [-0.15, -0.1) is 0 Å². The number of benzene rings is 1. The summed E-state index contributed by atoms with van der Waals surface area (Å²) in [6.07, 6.45) is 1.94. The van der Waals surface area contributed by atoms with Gasteiger partial charge in [0.15, 0.2) is 0 Å². The molecule has 0 aromatic heterocycles. The molecule has 2 saturated heterocycles. The Kier molecular flexibility index (Phi) is 5.44. The van der Waals surface area contributed by atoms with Crippen LogP contribution in [0.3, 0.4) is 0 Å². The van der Waals surface area contributed by atoms with Gasteiger partial charge in [0.2, 0.25) is 0 Å². The summed E-state index contributed by atoms with van der Waals surface area (Å²) in [6.45, 7) is 7.13. The smallest absolute Gasteiger partial charge is 0.318 e. The fraction of sp³-hybridized carbons (Fsp3) is 0.579. The third kappa shape index (κ3) is 4.05. The molecule has 2 heterocycles. The van der Waals surface area contributed by atoms with Crippen molar-refractivity contribution in [3.63, 3.8) is 0 Å². The maximum Gasteiger partial charge on any atom is 0.318 e. The van der Waals surface area contributed by atoms with Crippen LogP contribution >= 0.6 is 0 Å². The van der Waals surface area contributed by atoms with Gasteiger partial charge in [0.1, 0.15) is 0 Å². The molecule has 0 aliphatic carbocycles. The highest BCUT2D eigenvalue weighted by Gasteiger charge is 2.30. The first-order valence-corrected chi connectivity index (χ1v) is 9.02. The second-order valence-corrected chi connectivity index (χ2v) is 6.88.